The van der Waals surface area contributed by atoms with Crippen molar-refractivity contribution < 1.29 is 14.3 Å². The molecule has 0 saturated heterocycles. The van der Waals surface area contributed by atoms with Crippen molar-refractivity contribution >= 4 is 18.0 Å². The van der Waals surface area contributed by atoms with Crippen molar-refractivity contribution in [1.29, 1.82) is 0 Å². The first-order valence-electron chi connectivity index (χ1n) is 10.5. The molecule has 0 spiro atoms. The number of benzene rings is 2. The summed E-state index contributed by atoms with van der Waals surface area (Å²) in [6, 6.07) is 12.1. The predicted molar refractivity (Wildman–Crippen MR) is 126 cm³/mol. The number of esters is 1. The molecule has 2 heterocycles. The highest BCUT2D eigenvalue weighted by Gasteiger charge is 2.24. The Morgan fingerprint density at radius 3 is 2.59 bits per heavy atom. The van der Waals surface area contributed by atoms with E-state index in [9.17, 15) is 9.59 Å². The minimum absolute atomic E-state index is 0.185. The number of hydrogen-bond donors (Lipinski definition) is 0. The number of rotatable bonds is 5. The van der Waals surface area contributed by atoms with Gasteiger partial charge in [0.15, 0.2) is 11.5 Å². The van der Waals surface area contributed by atoms with Crippen molar-refractivity contribution in [3.8, 4) is 11.5 Å². The molecule has 0 aliphatic heterocycles. The van der Waals surface area contributed by atoms with Crippen LogP contribution in [-0.4, -0.2) is 43.8 Å². The Balaban J connectivity index is 1.66. The summed E-state index contributed by atoms with van der Waals surface area (Å²) in [4.78, 5) is 25.6. The van der Waals surface area contributed by atoms with Crippen molar-refractivity contribution in [1.82, 2.24) is 24.5 Å². The molecule has 4 aromatic rings. The fraction of sp³-hybridized carbons (Fsp3) is 0.250. The standard InChI is InChI=1S/C24H24N6O4/c1-15-8-6-7-9-17(15)22(32)34-18-11-10-16(12-19(18)33-5)13-26-30-21(31)20(24(2,3)4)28-29-14-25-27-23(29)30/h6-14H,1-5H3/b26-13-. The van der Waals surface area contributed by atoms with Crippen molar-refractivity contribution in [3.05, 3.63) is 81.5 Å². The van der Waals surface area contributed by atoms with Crippen LogP contribution >= 0.6 is 0 Å². The summed E-state index contributed by atoms with van der Waals surface area (Å²) in [5.74, 6) is 0.315. The van der Waals surface area contributed by atoms with Crippen LogP contribution in [0, 0.1) is 6.92 Å². The number of hydrogen-bond acceptors (Lipinski definition) is 8. The van der Waals surface area contributed by atoms with Crippen LogP contribution in [0.25, 0.3) is 5.78 Å². The van der Waals surface area contributed by atoms with Crippen LogP contribution in [0.1, 0.15) is 48.0 Å². The summed E-state index contributed by atoms with van der Waals surface area (Å²) in [5, 5.41) is 16.4. The number of carbonyl (C=O) groups is 1. The highest BCUT2D eigenvalue weighted by Crippen LogP contribution is 2.28. The maximum absolute atomic E-state index is 13.0. The van der Waals surface area contributed by atoms with Crippen molar-refractivity contribution in [2.24, 2.45) is 5.10 Å². The Kier molecular flexibility index (Phi) is 5.97. The number of nitrogens with zero attached hydrogens (tertiary/aromatic N) is 6. The van der Waals surface area contributed by atoms with Gasteiger partial charge in [0.25, 0.3) is 11.3 Å². The second-order valence-electron chi connectivity index (χ2n) is 8.65. The van der Waals surface area contributed by atoms with Gasteiger partial charge in [0.05, 0.1) is 18.9 Å². The van der Waals surface area contributed by atoms with E-state index in [0.29, 0.717) is 22.6 Å². The molecule has 0 bridgehead atoms. The highest BCUT2D eigenvalue weighted by molar-refractivity contribution is 5.93. The van der Waals surface area contributed by atoms with E-state index in [4.69, 9.17) is 9.47 Å². The van der Waals surface area contributed by atoms with Crippen LogP contribution in [0.15, 0.2) is 58.7 Å². The first kappa shape index (κ1) is 22.8. The van der Waals surface area contributed by atoms with Gasteiger partial charge in [-0.1, -0.05) is 39.0 Å². The summed E-state index contributed by atoms with van der Waals surface area (Å²) in [7, 11) is 1.48. The van der Waals surface area contributed by atoms with Crippen LogP contribution < -0.4 is 15.0 Å². The number of aromatic nitrogens is 5. The van der Waals surface area contributed by atoms with E-state index in [-0.39, 0.29) is 17.1 Å². The van der Waals surface area contributed by atoms with E-state index in [0.717, 1.165) is 10.2 Å². The predicted octanol–water partition coefficient (Wildman–Crippen LogP) is 3.00. The quantitative estimate of drug-likeness (QED) is 0.256. The van der Waals surface area contributed by atoms with E-state index < -0.39 is 11.4 Å². The summed E-state index contributed by atoms with van der Waals surface area (Å²) in [5.41, 5.74) is 1.34. The Morgan fingerprint density at radius 1 is 1.12 bits per heavy atom. The van der Waals surface area contributed by atoms with Crippen molar-refractivity contribution in [3.63, 3.8) is 0 Å². The van der Waals surface area contributed by atoms with Crippen molar-refractivity contribution in [2.45, 2.75) is 33.1 Å². The molecule has 10 nitrogen and oxygen atoms in total. The van der Waals surface area contributed by atoms with Gasteiger partial charge < -0.3 is 9.47 Å². The molecule has 2 aromatic heterocycles. The van der Waals surface area contributed by atoms with Crippen LogP contribution in [0.4, 0.5) is 0 Å². The molecule has 10 heteroatoms. The monoisotopic (exact) mass is 460 g/mol. The second kappa shape index (κ2) is 8.89. The molecule has 0 atom stereocenters. The average molecular weight is 460 g/mol. The van der Waals surface area contributed by atoms with E-state index in [2.05, 4.69) is 20.4 Å². The van der Waals surface area contributed by atoms with Gasteiger partial charge in [-0.15, -0.1) is 10.2 Å². The van der Waals surface area contributed by atoms with E-state index >= 15 is 0 Å². The minimum Gasteiger partial charge on any atom is -0.493 e. The third-order valence-corrected chi connectivity index (χ3v) is 5.09. The number of ether oxygens (including phenoxy) is 2. The molecule has 0 aliphatic carbocycles. The van der Waals surface area contributed by atoms with Gasteiger partial charge in [-0.25, -0.2) is 4.79 Å². The third-order valence-electron chi connectivity index (χ3n) is 5.09. The lowest BCUT2D eigenvalue weighted by molar-refractivity contribution is 0.0729. The lowest BCUT2D eigenvalue weighted by Gasteiger charge is -2.16. The lowest BCUT2D eigenvalue weighted by atomic mass is 9.93. The lowest BCUT2D eigenvalue weighted by Crippen LogP contribution is -2.33. The Hall–Kier alpha value is -4.34. The Morgan fingerprint density at radius 2 is 1.88 bits per heavy atom. The summed E-state index contributed by atoms with van der Waals surface area (Å²) in [6.45, 7) is 7.51. The molecule has 174 valence electrons. The summed E-state index contributed by atoms with van der Waals surface area (Å²) in [6.07, 6.45) is 2.90. The van der Waals surface area contributed by atoms with E-state index in [1.54, 1.807) is 30.3 Å². The van der Waals surface area contributed by atoms with E-state index in [1.807, 2.05) is 39.8 Å². The zero-order valence-electron chi connectivity index (χ0n) is 19.5. The van der Waals surface area contributed by atoms with Gasteiger partial charge in [-0.05, 0) is 42.3 Å². The van der Waals surface area contributed by atoms with Gasteiger partial charge in [0.2, 0.25) is 0 Å². The number of carbonyl (C=O) groups excluding carboxylic acids is 1. The summed E-state index contributed by atoms with van der Waals surface area (Å²) >= 11 is 0. The van der Waals surface area contributed by atoms with Crippen LogP contribution in [-0.2, 0) is 5.41 Å². The molecule has 0 radical (unpaired) electrons. The molecule has 0 amide bonds. The molecule has 0 saturated carbocycles. The van der Waals surface area contributed by atoms with Gasteiger partial charge in [-0.3, -0.25) is 4.79 Å². The van der Waals surface area contributed by atoms with Crippen molar-refractivity contribution in [2.75, 3.05) is 7.11 Å². The summed E-state index contributed by atoms with van der Waals surface area (Å²) < 4.78 is 13.5. The second-order valence-corrected chi connectivity index (χ2v) is 8.65. The van der Waals surface area contributed by atoms with Gasteiger partial charge in [0, 0.05) is 5.41 Å². The SMILES string of the molecule is COc1cc(/C=N\n2c(=O)c(C(C)(C)C)nn3cnnc23)ccc1OC(=O)c1ccccc1C. The maximum Gasteiger partial charge on any atom is 0.343 e. The molecule has 0 aliphatic rings. The molecule has 0 unspecified atom stereocenters. The Labute approximate surface area is 195 Å². The number of aryl methyl sites for hydroxylation is 1. The fourth-order valence-electron chi connectivity index (χ4n) is 3.28. The van der Waals surface area contributed by atoms with Gasteiger partial charge in [0.1, 0.15) is 12.0 Å². The van der Waals surface area contributed by atoms with Crippen LogP contribution in [0.5, 0.6) is 11.5 Å². The highest BCUT2D eigenvalue weighted by atomic mass is 16.6. The van der Waals surface area contributed by atoms with Crippen LogP contribution in [0.3, 0.4) is 0 Å². The largest absolute Gasteiger partial charge is 0.493 e. The molecule has 4 rings (SSSR count). The smallest absolute Gasteiger partial charge is 0.343 e. The molecule has 34 heavy (non-hydrogen) atoms. The maximum atomic E-state index is 13.0. The Bertz CT molecular complexity index is 1460. The first-order chi connectivity index (χ1) is 16.2. The molecule has 2 aromatic carbocycles. The molecular weight excluding hydrogens is 436 g/mol. The topological polar surface area (TPSA) is 113 Å². The minimum atomic E-state index is -0.501. The molecular formula is C24H24N6O4. The normalized spacial score (nSPS) is 11.8. The fourth-order valence-corrected chi connectivity index (χ4v) is 3.28. The molecule has 0 N–H and O–H groups in total. The average Bonchev–Trinajstić information content (AvgIpc) is 3.27. The van der Waals surface area contributed by atoms with Gasteiger partial charge in [-0.2, -0.15) is 19.4 Å². The zero-order chi connectivity index (χ0) is 24.5. The molecule has 0 fully saturated rings. The zero-order valence-corrected chi connectivity index (χ0v) is 19.5. The van der Waals surface area contributed by atoms with Gasteiger partial charge >= 0.3 is 5.97 Å². The number of fused-ring (bicyclic) bond motifs is 1. The third kappa shape index (κ3) is 4.42. The first-order valence-corrected chi connectivity index (χ1v) is 10.5. The van der Waals surface area contributed by atoms with Crippen LogP contribution in [0.2, 0.25) is 0 Å². The number of methoxy groups -OCH3 is 1. The van der Waals surface area contributed by atoms with E-state index in [1.165, 1.54) is 24.2 Å².